The van der Waals surface area contributed by atoms with Crippen LogP contribution in [0.2, 0.25) is 0 Å². The van der Waals surface area contributed by atoms with Crippen molar-refractivity contribution in [3.05, 3.63) is 58.9 Å². The van der Waals surface area contributed by atoms with Gasteiger partial charge in [0.1, 0.15) is 18.4 Å². The minimum Gasteiger partial charge on any atom is -0.495 e. The number of methoxy groups -OCH3 is 1. The number of halogens is 1. The normalized spacial score (nSPS) is 10.0. The van der Waals surface area contributed by atoms with Crippen LogP contribution in [0.3, 0.4) is 0 Å². The molecule has 4 nitrogen and oxygen atoms in total. The Morgan fingerprint density at radius 1 is 1.14 bits per heavy atom. The average molecular weight is 287 g/mol. The molecule has 108 valence electrons. The van der Waals surface area contributed by atoms with Crippen molar-refractivity contribution in [3.8, 4) is 17.6 Å². The molecule has 0 aromatic heterocycles. The average Bonchev–Trinajstić information content (AvgIpc) is 2.53. The zero-order valence-electron chi connectivity index (χ0n) is 11.5. The maximum Gasteiger partial charge on any atom is 0.165 e. The maximum atomic E-state index is 13.7. The van der Waals surface area contributed by atoms with E-state index in [2.05, 4.69) is 0 Å². The Hall–Kier alpha value is -2.58. The lowest BCUT2D eigenvalue weighted by atomic mass is 10.1. The Morgan fingerprint density at radius 2 is 1.90 bits per heavy atom. The summed E-state index contributed by atoms with van der Waals surface area (Å²) in [7, 11) is 1.48. The first-order valence-corrected chi connectivity index (χ1v) is 6.27. The Bertz CT molecular complexity index is 680. The molecular weight excluding hydrogens is 273 g/mol. The van der Waals surface area contributed by atoms with Crippen molar-refractivity contribution in [2.45, 2.75) is 13.2 Å². The summed E-state index contributed by atoms with van der Waals surface area (Å²) in [4.78, 5) is 0. The predicted molar refractivity (Wildman–Crippen MR) is 74.4 cm³/mol. The minimum absolute atomic E-state index is 0.107. The van der Waals surface area contributed by atoms with E-state index in [9.17, 15) is 4.39 Å². The molecule has 5 heteroatoms. The highest BCUT2D eigenvalue weighted by atomic mass is 19.1. The summed E-state index contributed by atoms with van der Waals surface area (Å²) < 4.78 is 24.2. The molecule has 0 saturated heterocycles. The highest BCUT2D eigenvalue weighted by molar-refractivity contribution is 5.45. The molecule has 21 heavy (non-hydrogen) atoms. The lowest BCUT2D eigenvalue weighted by molar-refractivity contribution is 0.276. The van der Waals surface area contributed by atoms with Crippen molar-refractivity contribution >= 4 is 0 Å². The van der Waals surface area contributed by atoms with Crippen LogP contribution < -0.4 is 9.47 Å². The third-order valence-electron chi connectivity index (χ3n) is 2.96. The number of nitriles is 1. The van der Waals surface area contributed by atoms with Gasteiger partial charge >= 0.3 is 0 Å². The Morgan fingerprint density at radius 3 is 2.52 bits per heavy atom. The SMILES string of the molecule is COc1cc(COc2ccc(CO)cc2F)ccc1C#N. The number of aliphatic hydroxyl groups is 1. The summed E-state index contributed by atoms with van der Waals surface area (Å²) in [5.74, 6) is 0.0346. The van der Waals surface area contributed by atoms with Gasteiger partial charge in [-0.1, -0.05) is 12.1 Å². The van der Waals surface area contributed by atoms with Crippen LogP contribution in [0.5, 0.6) is 11.5 Å². The predicted octanol–water partition coefficient (Wildman–Crippen LogP) is 2.78. The van der Waals surface area contributed by atoms with Crippen LogP contribution in [-0.2, 0) is 13.2 Å². The number of aliphatic hydroxyl groups excluding tert-OH is 1. The molecule has 0 amide bonds. The van der Waals surface area contributed by atoms with Crippen LogP contribution in [0.15, 0.2) is 36.4 Å². The van der Waals surface area contributed by atoms with E-state index in [1.807, 2.05) is 6.07 Å². The largest absolute Gasteiger partial charge is 0.495 e. The molecular formula is C16H14FNO3. The molecule has 0 atom stereocenters. The molecule has 2 rings (SSSR count). The molecule has 0 saturated carbocycles. The van der Waals surface area contributed by atoms with Crippen molar-refractivity contribution in [2.24, 2.45) is 0 Å². The summed E-state index contributed by atoms with van der Waals surface area (Å²) in [6, 6.07) is 11.3. The molecule has 0 fully saturated rings. The number of benzene rings is 2. The van der Waals surface area contributed by atoms with Gasteiger partial charge < -0.3 is 14.6 Å². The summed E-state index contributed by atoms with van der Waals surface area (Å²) in [5.41, 5.74) is 1.68. The number of rotatable bonds is 5. The van der Waals surface area contributed by atoms with Crippen LogP contribution in [0.25, 0.3) is 0 Å². The fourth-order valence-electron chi connectivity index (χ4n) is 1.84. The van der Waals surface area contributed by atoms with Crippen molar-refractivity contribution < 1.29 is 19.0 Å². The van der Waals surface area contributed by atoms with Gasteiger partial charge in [-0.3, -0.25) is 0 Å². The van der Waals surface area contributed by atoms with Gasteiger partial charge in [0.2, 0.25) is 0 Å². The summed E-state index contributed by atoms with van der Waals surface area (Å²) in [6.07, 6.45) is 0. The van der Waals surface area contributed by atoms with Gasteiger partial charge in [0.15, 0.2) is 11.6 Å². The van der Waals surface area contributed by atoms with Crippen molar-refractivity contribution in [3.63, 3.8) is 0 Å². The lowest BCUT2D eigenvalue weighted by Gasteiger charge is -2.10. The van der Waals surface area contributed by atoms with Crippen LogP contribution in [-0.4, -0.2) is 12.2 Å². The van der Waals surface area contributed by atoms with Gasteiger partial charge in [0.05, 0.1) is 19.3 Å². The Labute approximate surface area is 122 Å². The molecule has 0 aliphatic rings. The van der Waals surface area contributed by atoms with Crippen LogP contribution in [0, 0.1) is 17.1 Å². The lowest BCUT2D eigenvalue weighted by Crippen LogP contribution is -1.99. The smallest absolute Gasteiger partial charge is 0.165 e. The zero-order chi connectivity index (χ0) is 15.2. The zero-order valence-corrected chi connectivity index (χ0v) is 11.5. The first-order valence-electron chi connectivity index (χ1n) is 6.27. The highest BCUT2D eigenvalue weighted by Crippen LogP contribution is 2.22. The molecule has 0 aliphatic heterocycles. The van der Waals surface area contributed by atoms with E-state index in [0.29, 0.717) is 16.9 Å². The van der Waals surface area contributed by atoms with E-state index >= 15 is 0 Å². The topological polar surface area (TPSA) is 62.5 Å². The van der Waals surface area contributed by atoms with E-state index in [4.69, 9.17) is 19.8 Å². The van der Waals surface area contributed by atoms with Gasteiger partial charge in [-0.15, -0.1) is 0 Å². The van der Waals surface area contributed by atoms with Crippen LogP contribution >= 0.6 is 0 Å². The van der Waals surface area contributed by atoms with Gasteiger partial charge in [-0.05, 0) is 35.4 Å². The molecule has 2 aromatic rings. The molecule has 0 heterocycles. The third kappa shape index (κ3) is 3.50. The second kappa shape index (κ2) is 6.73. The molecule has 0 bridgehead atoms. The Kier molecular flexibility index (Phi) is 4.75. The van der Waals surface area contributed by atoms with E-state index in [1.165, 1.54) is 19.2 Å². The molecule has 2 aromatic carbocycles. The standard InChI is InChI=1S/C16H14FNO3/c1-20-16-7-12(2-4-13(16)8-18)10-21-15-5-3-11(9-19)6-14(15)17/h2-7,19H,9-10H2,1H3. The first kappa shape index (κ1) is 14.8. The van der Waals surface area contributed by atoms with E-state index < -0.39 is 5.82 Å². The number of hydrogen-bond donors (Lipinski definition) is 1. The maximum absolute atomic E-state index is 13.7. The van der Waals surface area contributed by atoms with Gasteiger partial charge in [0, 0.05) is 0 Å². The summed E-state index contributed by atoms with van der Waals surface area (Å²) in [6.45, 7) is -0.0680. The number of hydrogen-bond acceptors (Lipinski definition) is 4. The Balaban J connectivity index is 2.11. The number of nitrogens with zero attached hydrogens (tertiary/aromatic N) is 1. The fraction of sp³-hybridized carbons (Fsp3) is 0.188. The second-order valence-electron chi connectivity index (χ2n) is 4.36. The second-order valence-corrected chi connectivity index (χ2v) is 4.36. The van der Waals surface area contributed by atoms with Gasteiger partial charge in [0.25, 0.3) is 0 Å². The van der Waals surface area contributed by atoms with Crippen LogP contribution in [0.1, 0.15) is 16.7 Å². The molecule has 0 unspecified atom stereocenters. The monoisotopic (exact) mass is 287 g/mol. The van der Waals surface area contributed by atoms with E-state index in [-0.39, 0.29) is 19.0 Å². The van der Waals surface area contributed by atoms with Crippen molar-refractivity contribution in [1.82, 2.24) is 0 Å². The minimum atomic E-state index is -0.526. The summed E-state index contributed by atoms with van der Waals surface area (Å²) >= 11 is 0. The molecule has 0 spiro atoms. The molecule has 1 N–H and O–H groups in total. The van der Waals surface area contributed by atoms with E-state index in [1.54, 1.807) is 24.3 Å². The highest BCUT2D eigenvalue weighted by Gasteiger charge is 2.07. The van der Waals surface area contributed by atoms with Crippen LogP contribution in [0.4, 0.5) is 4.39 Å². The van der Waals surface area contributed by atoms with Gasteiger partial charge in [-0.2, -0.15) is 5.26 Å². The molecule has 0 aliphatic carbocycles. The van der Waals surface area contributed by atoms with Crippen molar-refractivity contribution in [1.29, 1.82) is 5.26 Å². The number of ether oxygens (including phenoxy) is 2. The fourth-order valence-corrected chi connectivity index (χ4v) is 1.84. The summed E-state index contributed by atoms with van der Waals surface area (Å²) in [5, 5.41) is 17.8. The quantitative estimate of drug-likeness (QED) is 0.918. The third-order valence-corrected chi connectivity index (χ3v) is 2.96. The first-order chi connectivity index (χ1) is 10.2. The molecule has 0 radical (unpaired) electrons. The van der Waals surface area contributed by atoms with Gasteiger partial charge in [-0.25, -0.2) is 4.39 Å². The van der Waals surface area contributed by atoms with Crippen molar-refractivity contribution in [2.75, 3.05) is 7.11 Å². The van der Waals surface area contributed by atoms with E-state index in [0.717, 1.165) is 5.56 Å².